The third kappa shape index (κ3) is 3.96. The molecular weight excluding hydrogens is 236 g/mol. The highest BCUT2D eigenvalue weighted by atomic mass is 32.2. The average Bonchev–Trinajstić information content (AvgIpc) is 2.37. The molecule has 96 valence electrons. The first-order valence-electron chi connectivity index (χ1n) is 5.56. The topological polar surface area (TPSA) is 59.1 Å². The van der Waals surface area contributed by atoms with Crippen LogP contribution in [-0.4, -0.2) is 42.2 Å². The van der Waals surface area contributed by atoms with Gasteiger partial charge < -0.3 is 15.4 Å². The molecule has 0 fully saturated rings. The summed E-state index contributed by atoms with van der Waals surface area (Å²) in [4.78, 5) is 8.28. The molecule has 0 aliphatic rings. The van der Waals surface area contributed by atoms with Crippen LogP contribution in [0.2, 0.25) is 0 Å². The highest BCUT2D eigenvalue weighted by Gasteiger charge is 2.10. The molecule has 2 N–H and O–H groups in total. The summed E-state index contributed by atoms with van der Waals surface area (Å²) in [5.74, 6) is 2.09. The number of nitrogens with zero attached hydrogens (tertiary/aromatic N) is 2. The van der Waals surface area contributed by atoms with Gasteiger partial charge in [-0.25, -0.2) is 9.97 Å². The van der Waals surface area contributed by atoms with Gasteiger partial charge in [0.25, 0.3) is 0 Å². The van der Waals surface area contributed by atoms with Crippen LogP contribution in [0.1, 0.15) is 13.3 Å². The Morgan fingerprint density at radius 3 is 2.71 bits per heavy atom. The SMILES string of the molecule is CNc1ncnc(NCCC(C)SC)c1OC. The molecule has 1 aromatic heterocycles. The number of anilines is 2. The molecule has 0 saturated carbocycles. The molecule has 1 atom stereocenters. The lowest BCUT2D eigenvalue weighted by molar-refractivity contribution is 0.415. The predicted molar refractivity (Wildman–Crippen MR) is 74.2 cm³/mol. The zero-order chi connectivity index (χ0) is 12.7. The van der Waals surface area contributed by atoms with Gasteiger partial charge in [0.1, 0.15) is 6.33 Å². The van der Waals surface area contributed by atoms with Gasteiger partial charge in [0.2, 0.25) is 5.75 Å². The summed E-state index contributed by atoms with van der Waals surface area (Å²) in [5.41, 5.74) is 0. The fraction of sp³-hybridized carbons (Fsp3) is 0.636. The number of rotatable bonds is 7. The standard InChI is InChI=1S/C11H20N4OS/c1-8(17-4)5-6-13-11-9(16-3)10(12-2)14-7-15-11/h7-8H,5-6H2,1-4H3,(H2,12,13,14,15). The van der Waals surface area contributed by atoms with Gasteiger partial charge in [0.15, 0.2) is 11.6 Å². The van der Waals surface area contributed by atoms with Crippen LogP contribution >= 0.6 is 11.8 Å². The zero-order valence-corrected chi connectivity index (χ0v) is 11.6. The third-order valence-electron chi connectivity index (χ3n) is 2.49. The minimum absolute atomic E-state index is 0.638. The molecule has 0 amide bonds. The van der Waals surface area contributed by atoms with Gasteiger partial charge in [0, 0.05) is 18.8 Å². The predicted octanol–water partition coefficient (Wildman–Crippen LogP) is 2.08. The van der Waals surface area contributed by atoms with Crippen LogP contribution in [0.25, 0.3) is 0 Å². The van der Waals surface area contributed by atoms with Crippen LogP contribution in [0, 0.1) is 0 Å². The Bertz CT molecular complexity index is 348. The first-order valence-corrected chi connectivity index (χ1v) is 6.85. The van der Waals surface area contributed by atoms with E-state index < -0.39 is 0 Å². The average molecular weight is 256 g/mol. The van der Waals surface area contributed by atoms with Crippen LogP contribution < -0.4 is 15.4 Å². The van der Waals surface area contributed by atoms with Gasteiger partial charge in [-0.1, -0.05) is 6.92 Å². The van der Waals surface area contributed by atoms with Crippen LogP contribution in [-0.2, 0) is 0 Å². The summed E-state index contributed by atoms with van der Waals surface area (Å²) >= 11 is 1.86. The summed E-state index contributed by atoms with van der Waals surface area (Å²) in [6, 6.07) is 0. The Hall–Kier alpha value is -1.17. The van der Waals surface area contributed by atoms with Crippen LogP contribution in [0.3, 0.4) is 0 Å². The summed E-state index contributed by atoms with van der Waals surface area (Å²) in [6.45, 7) is 3.08. The summed E-state index contributed by atoms with van der Waals surface area (Å²) < 4.78 is 5.30. The molecule has 1 heterocycles. The molecule has 5 nitrogen and oxygen atoms in total. The van der Waals surface area contributed by atoms with Crippen molar-refractivity contribution in [3.8, 4) is 5.75 Å². The van der Waals surface area contributed by atoms with Crippen molar-refractivity contribution in [2.45, 2.75) is 18.6 Å². The van der Waals surface area contributed by atoms with Crippen molar-refractivity contribution in [2.75, 3.05) is 37.6 Å². The van der Waals surface area contributed by atoms with Gasteiger partial charge >= 0.3 is 0 Å². The van der Waals surface area contributed by atoms with E-state index in [2.05, 4.69) is 33.8 Å². The molecule has 1 unspecified atom stereocenters. The van der Waals surface area contributed by atoms with Crippen molar-refractivity contribution >= 4 is 23.4 Å². The van der Waals surface area contributed by atoms with E-state index in [-0.39, 0.29) is 0 Å². The molecule has 0 aliphatic carbocycles. The summed E-state index contributed by atoms with van der Waals surface area (Å²) in [6.07, 6.45) is 4.73. The monoisotopic (exact) mass is 256 g/mol. The maximum absolute atomic E-state index is 5.30. The Morgan fingerprint density at radius 2 is 2.12 bits per heavy atom. The van der Waals surface area contributed by atoms with Crippen molar-refractivity contribution < 1.29 is 4.74 Å². The summed E-state index contributed by atoms with van der Waals surface area (Å²) in [5, 5.41) is 6.89. The highest BCUT2D eigenvalue weighted by Crippen LogP contribution is 2.28. The normalized spacial score (nSPS) is 12.0. The van der Waals surface area contributed by atoms with E-state index in [4.69, 9.17) is 4.74 Å². The molecule has 0 aromatic carbocycles. The van der Waals surface area contributed by atoms with Gasteiger partial charge in [-0.15, -0.1) is 0 Å². The van der Waals surface area contributed by atoms with Crippen molar-refractivity contribution in [1.82, 2.24) is 9.97 Å². The Labute approximate surface area is 107 Å². The van der Waals surface area contributed by atoms with Gasteiger partial charge in [-0.2, -0.15) is 11.8 Å². The minimum atomic E-state index is 0.638. The van der Waals surface area contributed by atoms with E-state index >= 15 is 0 Å². The van der Waals surface area contributed by atoms with Gasteiger partial charge in [0.05, 0.1) is 7.11 Å². The van der Waals surface area contributed by atoms with E-state index in [9.17, 15) is 0 Å². The quantitative estimate of drug-likeness (QED) is 0.779. The third-order valence-corrected chi connectivity index (χ3v) is 3.53. The number of thioether (sulfide) groups is 1. The smallest absolute Gasteiger partial charge is 0.204 e. The molecule has 0 radical (unpaired) electrons. The molecule has 0 spiro atoms. The number of methoxy groups -OCH3 is 1. The largest absolute Gasteiger partial charge is 0.490 e. The molecular formula is C11H20N4OS. The number of nitrogens with one attached hydrogen (secondary N) is 2. The molecule has 6 heteroatoms. The van der Waals surface area contributed by atoms with Gasteiger partial charge in [-0.05, 0) is 12.7 Å². The Morgan fingerprint density at radius 1 is 1.41 bits per heavy atom. The molecule has 1 aromatic rings. The molecule has 17 heavy (non-hydrogen) atoms. The number of hydrogen-bond acceptors (Lipinski definition) is 6. The molecule has 0 bridgehead atoms. The second-order valence-electron chi connectivity index (χ2n) is 3.62. The fourth-order valence-corrected chi connectivity index (χ4v) is 1.74. The van der Waals surface area contributed by atoms with E-state index in [1.807, 2.05) is 18.8 Å². The van der Waals surface area contributed by atoms with E-state index in [0.29, 0.717) is 16.8 Å². The number of hydrogen-bond donors (Lipinski definition) is 2. The van der Waals surface area contributed by atoms with Crippen molar-refractivity contribution in [3.63, 3.8) is 0 Å². The fourth-order valence-electron chi connectivity index (χ4n) is 1.38. The van der Waals surface area contributed by atoms with Crippen LogP contribution in [0.5, 0.6) is 5.75 Å². The molecule has 0 saturated heterocycles. The summed E-state index contributed by atoms with van der Waals surface area (Å²) in [7, 11) is 3.43. The zero-order valence-electron chi connectivity index (χ0n) is 10.8. The Balaban J connectivity index is 2.64. The van der Waals surface area contributed by atoms with Crippen molar-refractivity contribution in [3.05, 3.63) is 6.33 Å². The minimum Gasteiger partial charge on any atom is -0.490 e. The lowest BCUT2D eigenvalue weighted by Gasteiger charge is -2.13. The first-order chi connectivity index (χ1) is 8.22. The maximum atomic E-state index is 5.30. The molecule has 1 rings (SSSR count). The second kappa shape index (κ2) is 7.21. The van der Waals surface area contributed by atoms with Crippen LogP contribution in [0.15, 0.2) is 6.33 Å². The number of aromatic nitrogens is 2. The number of ether oxygens (including phenoxy) is 1. The Kier molecular flexibility index (Phi) is 5.90. The van der Waals surface area contributed by atoms with Gasteiger partial charge in [-0.3, -0.25) is 0 Å². The van der Waals surface area contributed by atoms with Crippen molar-refractivity contribution in [2.24, 2.45) is 0 Å². The van der Waals surface area contributed by atoms with Crippen molar-refractivity contribution in [1.29, 1.82) is 0 Å². The van der Waals surface area contributed by atoms with E-state index in [1.165, 1.54) is 6.33 Å². The lowest BCUT2D eigenvalue weighted by atomic mass is 10.3. The van der Waals surface area contributed by atoms with Crippen LogP contribution in [0.4, 0.5) is 11.6 Å². The lowest BCUT2D eigenvalue weighted by Crippen LogP contribution is -2.11. The second-order valence-corrected chi connectivity index (χ2v) is 4.89. The highest BCUT2D eigenvalue weighted by molar-refractivity contribution is 7.99. The molecule has 0 aliphatic heterocycles. The maximum Gasteiger partial charge on any atom is 0.204 e. The van der Waals surface area contributed by atoms with E-state index in [1.54, 1.807) is 7.11 Å². The first kappa shape index (κ1) is 13.9. The van der Waals surface area contributed by atoms with E-state index in [0.717, 1.165) is 18.8 Å².